The molecule has 5 nitrogen and oxygen atoms in total. The van der Waals surface area contributed by atoms with Crippen molar-refractivity contribution in [3.05, 3.63) is 29.8 Å². The van der Waals surface area contributed by atoms with E-state index in [1.807, 2.05) is 4.90 Å². The lowest BCUT2D eigenvalue weighted by Crippen LogP contribution is -2.56. The van der Waals surface area contributed by atoms with Crippen LogP contribution in [0.15, 0.2) is 24.3 Å². The van der Waals surface area contributed by atoms with Crippen LogP contribution in [0.5, 0.6) is 0 Å². The Morgan fingerprint density at radius 1 is 1.04 bits per heavy atom. The van der Waals surface area contributed by atoms with Crippen molar-refractivity contribution in [3.8, 4) is 0 Å². The van der Waals surface area contributed by atoms with E-state index in [2.05, 4.69) is 43.0 Å². The van der Waals surface area contributed by atoms with Crippen molar-refractivity contribution in [3.63, 3.8) is 0 Å². The molecule has 0 unspecified atom stereocenters. The van der Waals surface area contributed by atoms with E-state index in [1.54, 1.807) is 0 Å². The number of hydrogen-bond acceptors (Lipinski definition) is 3. The Morgan fingerprint density at radius 2 is 1.68 bits per heavy atom. The van der Waals surface area contributed by atoms with Gasteiger partial charge in [-0.3, -0.25) is 9.59 Å². The third kappa shape index (κ3) is 3.80. The molecule has 2 fully saturated rings. The van der Waals surface area contributed by atoms with Gasteiger partial charge >= 0.3 is 5.97 Å². The minimum atomic E-state index is -0.815. The maximum absolute atomic E-state index is 12.9. The van der Waals surface area contributed by atoms with Gasteiger partial charge in [0.25, 0.3) is 0 Å². The largest absolute Gasteiger partial charge is 0.481 e. The number of aryl methyl sites for hydroxylation is 1. The number of carboxylic acids is 1. The Hall–Kier alpha value is -2.04. The molecule has 0 radical (unpaired) electrons. The van der Waals surface area contributed by atoms with Crippen LogP contribution >= 0.6 is 0 Å². The number of nitrogens with zero attached hydrogens (tertiary/aromatic N) is 2. The highest BCUT2D eigenvalue weighted by molar-refractivity contribution is 5.85. The van der Waals surface area contributed by atoms with Gasteiger partial charge in [-0.1, -0.05) is 30.5 Å². The van der Waals surface area contributed by atoms with Crippen LogP contribution in [0, 0.1) is 18.8 Å². The van der Waals surface area contributed by atoms with Gasteiger partial charge in [0.05, 0.1) is 11.8 Å². The van der Waals surface area contributed by atoms with Crippen molar-refractivity contribution in [1.82, 2.24) is 4.90 Å². The van der Waals surface area contributed by atoms with Crippen LogP contribution in [0.3, 0.4) is 0 Å². The first-order chi connectivity index (χ1) is 12.0. The van der Waals surface area contributed by atoms with Gasteiger partial charge in [0.1, 0.15) is 0 Å². The summed E-state index contributed by atoms with van der Waals surface area (Å²) < 4.78 is 0. The third-order valence-corrected chi connectivity index (χ3v) is 5.71. The zero-order valence-electron chi connectivity index (χ0n) is 15.1. The highest BCUT2D eigenvalue weighted by atomic mass is 16.4. The van der Waals surface area contributed by atoms with Gasteiger partial charge in [-0.2, -0.15) is 0 Å². The number of carboxylic acid groups (broad SMARTS) is 1. The standard InChI is InChI=1S/C20H28N2O3/c1-14-7-9-16(10-8-14)22-12-11-21(13-15(22)2)19(23)17-5-3-4-6-18(17)20(24)25/h7-10,15,17-18H,3-6,11-13H2,1-2H3,(H,24,25)/t15-,17+,18-/m0/s1. The van der Waals surface area contributed by atoms with Crippen molar-refractivity contribution in [1.29, 1.82) is 0 Å². The summed E-state index contributed by atoms with van der Waals surface area (Å²) in [4.78, 5) is 28.7. The maximum atomic E-state index is 12.9. The summed E-state index contributed by atoms with van der Waals surface area (Å²) in [5, 5.41) is 9.44. The monoisotopic (exact) mass is 344 g/mol. The molecule has 1 aliphatic heterocycles. The molecule has 25 heavy (non-hydrogen) atoms. The highest BCUT2D eigenvalue weighted by Gasteiger charge is 2.39. The molecule has 0 bridgehead atoms. The number of aliphatic carboxylic acids is 1. The van der Waals surface area contributed by atoms with Crippen molar-refractivity contribution in [2.75, 3.05) is 24.5 Å². The second kappa shape index (κ2) is 7.46. The first kappa shape index (κ1) is 17.8. The minimum absolute atomic E-state index is 0.0440. The number of amides is 1. The third-order valence-electron chi connectivity index (χ3n) is 5.71. The molecule has 1 N–H and O–H groups in total. The smallest absolute Gasteiger partial charge is 0.307 e. The molecule has 3 atom stereocenters. The molecule has 0 aromatic heterocycles. The van der Waals surface area contributed by atoms with E-state index in [1.165, 1.54) is 11.3 Å². The quantitative estimate of drug-likeness (QED) is 0.916. The van der Waals surface area contributed by atoms with Crippen LogP contribution in [0.1, 0.15) is 38.2 Å². The first-order valence-corrected chi connectivity index (χ1v) is 9.32. The molecule has 2 aliphatic rings. The molecule has 1 saturated heterocycles. The average Bonchev–Trinajstić information content (AvgIpc) is 2.62. The lowest BCUT2D eigenvalue weighted by Gasteiger charge is -2.43. The van der Waals surface area contributed by atoms with E-state index in [0.29, 0.717) is 25.9 Å². The summed E-state index contributed by atoms with van der Waals surface area (Å²) in [5.74, 6) is -1.62. The number of piperazine rings is 1. The molecule has 1 heterocycles. The molecular weight excluding hydrogens is 316 g/mol. The van der Waals surface area contributed by atoms with E-state index in [9.17, 15) is 14.7 Å². The molecule has 1 aromatic carbocycles. The first-order valence-electron chi connectivity index (χ1n) is 9.32. The van der Waals surface area contributed by atoms with Crippen LogP contribution in [0.4, 0.5) is 5.69 Å². The van der Waals surface area contributed by atoms with Crippen LogP contribution in [-0.4, -0.2) is 47.6 Å². The minimum Gasteiger partial charge on any atom is -0.481 e. The number of rotatable bonds is 3. The van der Waals surface area contributed by atoms with E-state index in [4.69, 9.17) is 0 Å². The Labute approximate surface area is 149 Å². The predicted molar refractivity (Wildman–Crippen MR) is 97.7 cm³/mol. The molecule has 1 amide bonds. The fourth-order valence-corrected chi connectivity index (χ4v) is 4.23. The Kier molecular flexibility index (Phi) is 5.30. The van der Waals surface area contributed by atoms with Gasteiger partial charge < -0.3 is 14.9 Å². The fraction of sp³-hybridized carbons (Fsp3) is 0.600. The van der Waals surface area contributed by atoms with Gasteiger partial charge in [-0.05, 0) is 38.8 Å². The van der Waals surface area contributed by atoms with Crippen molar-refractivity contribution < 1.29 is 14.7 Å². The Balaban J connectivity index is 1.66. The van der Waals surface area contributed by atoms with Gasteiger partial charge in [-0.25, -0.2) is 0 Å². The summed E-state index contributed by atoms with van der Waals surface area (Å²) in [6.45, 7) is 6.33. The number of anilines is 1. The zero-order chi connectivity index (χ0) is 18.0. The fourth-order valence-electron chi connectivity index (χ4n) is 4.23. The lowest BCUT2D eigenvalue weighted by molar-refractivity contribution is -0.152. The molecule has 1 saturated carbocycles. The van der Waals surface area contributed by atoms with Crippen molar-refractivity contribution >= 4 is 17.6 Å². The molecule has 0 spiro atoms. The van der Waals surface area contributed by atoms with Crippen LogP contribution in [-0.2, 0) is 9.59 Å². The van der Waals surface area contributed by atoms with Crippen LogP contribution in [0.2, 0.25) is 0 Å². The number of carbonyl (C=O) groups excluding carboxylic acids is 1. The number of carbonyl (C=O) groups is 2. The molecule has 1 aromatic rings. The van der Waals surface area contributed by atoms with Gasteiger partial charge in [-0.15, -0.1) is 0 Å². The summed E-state index contributed by atoms with van der Waals surface area (Å²) in [6, 6.07) is 8.71. The highest BCUT2D eigenvalue weighted by Crippen LogP contribution is 2.32. The second-order valence-electron chi connectivity index (χ2n) is 7.50. The number of benzene rings is 1. The molecule has 136 valence electrons. The summed E-state index contributed by atoms with van der Waals surface area (Å²) in [6.07, 6.45) is 3.21. The SMILES string of the molecule is Cc1ccc(N2CCN(C(=O)[C@@H]3CCCC[C@@H]3C(=O)O)C[C@@H]2C)cc1. The van der Waals surface area contributed by atoms with E-state index < -0.39 is 11.9 Å². The van der Waals surface area contributed by atoms with Gasteiger partial charge in [0.2, 0.25) is 5.91 Å². The van der Waals surface area contributed by atoms with E-state index in [-0.39, 0.29) is 17.9 Å². The predicted octanol–water partition coefficient (Wildman–Crippen LogP) is 2.92. The molecular formula is C20H28N2O3. The van der Waals surface area contributed by atoms with Gasteiger partial charge in [0.15, 0.2) is 0 Å². The maximum Gasteiger partial charge on any atom is 0.307 e. The van der Waals surface area contributed by atoms with Gasteiger partial charge in [0, 0.05) is 31.4 Å². The number of hydrogen-bond donors (Lipinski definition) is 1. The topological polar surface area (TPSA) is 60.9 Å². The van der Waals surface area contributed by atoms with Crippen molar-refractivity contribution in [2.24, 2.45) is 11.8 Å². The summed E-state index contributed by atoms with van der Waals surface area (Å²) in [7, 11) is 0. The average molecular weight is 344 g/mol. The second-order valence-corrected chi connectivity index (χ2v) is 7.50. The Bertz CT molecular complexity index is 628. The summed E-state index contributed by atoms with van der Waals surface area (Å²) >= 11 is 0. The zero-order valence-corrected chi connectivity index (χ0v) is 15.1. The van der Waals surface area contributed by atoms with E-state index >= 15 is 0 Å². The Morgan fingerprint density at radius 3 is 2.28 bits per heavy atom. The van der Waals surface area contributed by atoms with Crippen LogP contribution < -0.4 is 4.90 Å². The van der Waals surface area contributed by atoms with E-state index in [0.717, 1.165) is 19.4 Å². The normalized spacial score (nSPS) is 27.2. The molecule has 3 rings (SSSR count). The summed E-state index contributed by atoms with van der Waals surface area (Å²) in [5.41, 5.74) is 2.42. The molecule has 1 aliphatic carbocycles. The van der Waals surface area contributed by atoms with Crippen molar-refractivity contribution in [2.45, 2.75) is 45.6 Å². The molecule has 5 heteroatoms. The lowest BCUT2D eigenvalue weighted by atomic mass is 9.78. The van der Waals surface area contributed by atoms with Crippen LogP contribution in [0.25, 0.3) is 0 Å².